The molecule has 2 nitrogen and oxygen atoms in total. The van der Waals surface area contributed by atoms with Crippen LogP contribution in [0.15, 0.2) is 23.8 Å². The van der Waals surface area contributed by atoms with Crippen molar-refractivity contribution < 1.29 is 9.53 Å². The van der Waals surface area contributed by atoms with E-state index in [0.717, 1.165) is 23.8 Å². The fourth-order valence-electron chi connectivity index (χ4n) is 2.24. The van der Waals surface area contributed by atoms with Crippen LogP contribution in [-0.4, -0.2) is 12.6 Å². The topological polar surface area (TPSA) is 26.3 Å². The summed E-state index contributed by atoms with van der Waals surface area (Å²) in [7, 11) is 0. The maximum atomic E-state index is 11.6. The number of hydrogen-bond acceptors (Lipinski definition) is 2. The highest BCUT2D eigenvalue weighted by Gasteiger charge is 2.22. The highest BCUT2D eigenvalue weighted by molar-refractivity contribution is 5.83. The number of allylic oxidation sites excluding steroid dienone is 3. The first-order chi connectivity index (χ1) is 9.97. The van der Waals surface area contributed by atoms with Gasteiger partial charge < -0.3 is 4.74 Å². The smallest absolute Gasteiger partial charge is 0.331 e. The van der Waals surface area contributed by atoms with E-state index >= 15 is 0 Å². The van der Waals surface area contributed by atoms with Gasteiger partial charge in [0.15, 0.2) is 0 Å². The minimum atomic E-state index is -0.200. The van der Waals surface area contributed by atoms with Gasteiger partial charge in [-0.2, -0.15) is 0 Å². The lowest BCUT2D eigenvalue weighted by molar-refractivity contribution is -0.138. The average Bonchev–Trinajstić information content (AvgIpc) is 3.19. The van der Waals surface area contributed by atoms with Gasteiger partial charge >= 0.3 is 5.97 Å². The second kappa shape index (κ2) is 9.81. The Morgan fingerprint density at radius 3 is 2.57 bits per heavy atom. The van der Waals surface area contributed by atoms with E-state index in [9.17, 15) is 4.79 Å². The van der Waals surface area contributed by atoms with Crippen LogP contribution in [0.1, 0.15) is 66.2 Å². The number of hydrogen-bond donors (Lipinski definition) is 0. The van der Waals surface area contributed by atoms with Crippen LogP contribution in [0.2, 0.25) is 0 Å². The van der Waals surface area contributed by atoms with Crippen LogP contribution >= 0.6 is 0 Å². The highest BCUT2D eigenvalue weighted by atomic mass is 16.5. The zero-order valence-corrected chi connectivity index (χ0v) is 14.2. The molecule has 0 heterocycles. The molecule has 1 atom stereocenters. The lowest BCUT2D eigenvalue weighted by Crippen LogP contribution is -2.04. The molecule has 1 aliphatic carbocycles. The van der Waals surface area contributed by atoms with E-state index < -0.39 is 0 Å². The Morgan fingerprint density at radius 2 is 1.95 bits per heavy atom. The third-order valence-electron chi connectivity index (χ3n) is 3.90. The predicted molar refractivity (Wildman–Crippen MR) is 89.1 cm³/mol. The Bertz CT molecular complexity index is 362. The van der Waals surface area contributed by atoms with Gasteiger partial charge in [-0.3, -0.25) is 0 Å². The van der Waals surface area contributed by atoms with Crippen LogP contribution in [0.4, 0.5) is 0 Å². The maximum absolute atomic E-state index is 11.6. The number of esters is 1. The molecule has 1 fully saturated rings. The highest BCUT2D eigenvalue weighted by Crippen LogP contribution is 2.28. The summed E-state index contributed by atoms with van der Waals surface area (Å²) in [6.07, 6.45) is 13.2. The van der Waals surface area contributed by atoms with Crippen molar-refractivity contribution in [3.05, 3.63) is 23.8 Å². The van der Waals surface area contributed by atoms with Crippen molar-refractivity contribution >= 4 is 5.97 Å². The fourth-order valence-corrected chi connectivity index (χ4v) is 2.24. The Balaban J connectivity index is 2.15. The molecule has 1 unspecified atom stereocenters. The maximum Gasteiger partial charge on any atom is 0.331 e. The molecule has 0 aromatic carbocycles. The van der Waals surface area contributed by atoms with Crippen molar-refractivity contribution in [3.8, 4) is 0 Å². The van der Waals surface area contributed by atoms with Gasteiger partial charge in [0.05, 0.1) is 6.61 Å². The van der Waals surface area contributed by atoms with Crippen molar-refractivity contribution in [3.63, 3.8) is 0 Å². The van der Waals surface area contributed by atoms with E-state index in [-0.39, 0.29) is 5.97 Å². The van der Waals surface area contributed by atoms with Gasteiger partial charge in [0.2, 0.25) is 0 Å². The molecule has 0 N–H and O–H groups in total. The Kier molecular flexibility index (Phi) is 8.41. The molecule has 1 aliphatic rings. The number of ether oxygens (including phenoxy) is 1. The summed E-state index contributed by atoms with van der Waals surface area (Å²) in [5.74, 6) is 1.95. The molecule has 1 rings (SSSR count). The summed E-state index contributed by atoms with van der Waals surface area (Å²) in [5, 5.41) is 0. The zero-order valence-electron chi connectivity index (χ0n) is 14.2. The molecule has 0 saturated heterocycles. The SMILES string of the molecule is CC(/C=C/CC(C)CCCC(C)C)=C\C(=O)OCC1CC1. The van der Waals surface area contributed by atoms with Crippen LogP contribution in [0, 0.1) is 17.8 Å². The molecular formula is C19H32O2. The van der Waals surface area contributed by atoms with Crippen molar-refractivity contribution in [1.82, 2.24) is 0 Å². The molecule has 0 aliphatic heterocycles. The van der Waals surface area contributed by atoms with Gasteiger partial charge in [-0.05, 0) is 49.5 Å². The minimum Gasteiger partial charge on any atom is -0.462 e. The number of carbonyl (C=O) groups is 1. The summed E-state index contributed by atoms with van der Waals surface area (Å²) >= 11 is 0. The minimum absolute atomic E-state index is 0.200. The van der Waals surface area contributed by atoms with Crippen molar-refractivity contribution in [2.75, 3.05) is 6.61 Å². The zero-order chi connectivity index (χ0) is 15.7. The molecule has 21 heavy (non-hydrogen) atoms. The Hall–Kier alpha value is -1.05. The van der Waals surface area contributed by atoms with Crippen LogP contribution in [0.3, 0.4) is 0 Å². The summed E-state index contributed by atoms with van der Waals surface area (Å²) in [6, 6.07) is 0. The monoisotopic (exact) mass is 292 g/mol. The first-order valence-corrected chi connectivity index (χ1v) is 8.49. The molecule has 0 aromatic rings. The van der Waals surface area contributed by atoms with Gasteiger partial charge in [0.25, 0.3) is 0 Å². The summed E-state index contributed by atoms with van der Waals surface area (Å²) < 4.78 is 5.19. The normalized spacial score (nSPS) is 17.5. The van der Waals surface area contributed by atoms with Gasteiger partial charge in [-0.1, -0.05) is 52.2 Å². The van der Waals surface area contributed by atoms with Crippen molar-refractivity contribution in [1.29, 1.82) is 0 Å². The number of carbonyl (C=O) groups excluding carboxylic acids is 1. The Morgan fingerprint density at radius 1 is 1.24 bits per heavy atom. The van der Waals surface area contributed by atoms with E-state index in [2.05, 4.69) is 26.8 Å². The predicted octanol–water partition coefficient (Wildman–Crippen LogP) is 5.29. The molecule has 0 spiro atoms. The quantitative estimate of drug-likeness (QED) is 0.310. The molecule has 0 bridgehead atoms. The van der Waals surface area contributed by atoms with Crippen molar-refractivity contribution in [2.24, 2.45) is 17.8 Å². The second-order valence-electron chi connectivity index (χ2n) is 7.03. The largest absolute Gasteiger partial charge is 0.462 e. The summed E-state index contributed by atoms with van der Waals surface area (Å²) in [6.45, 7) is 9.41. The number of rotatable bonds is 10. The van der Waals surface area contributed by atoms with Crippen LogP contribution < -0.4 is 0 Å². The summed E-state index contributed by atoms with van der Waals surface area (Å²) in [5.41, 5.74) is 0.977. The first kappa shape index (κ1) is 18.0. The molecule has 0 radical (unpaired) electrons. The van der Waals surface area contributed by atoms with Gasteiger partial charge in [0.1, 0.15) is 0 Å². The third kappa shape index (κ3) is 10.3. The molecule has 2 heteroatoms. The van der Waals surface area contributed by atoms with Crippen molar-refractivity contribution in [2.45, 2.75) is 66.2 Å². The summed E-state index contributed by atoms with van der Waals surface area (Å²) in [4.78, 5) is 11.6. The van der Waals surface area contributed by atoms with E-state index in [0.29, 0.717) is 12.5 Å². The van der Waals surface area contributed by atoms with E-state index in [4.69, 9.17) is 4.74 Å². The Labute approximate surface area is 130 Å². The molecule has 0 aromatic heterocycles. The lowest BCUT2D eigenvalue weighted by atomic mass is 9.97. The second-order valence-corrected chi connectivity index (χ2v) is 7.03. The van der Waals surface area contributed by atoms with Crippen LogP contribution in [0.5, 0.6) is 0 Å². The van der Waals surface area contributed by atoms with E-state index in [1.807, 2.05) is 13.0 Å². The van der Waals surface area contributed by atoms with Gasteiger partial charge in [-0.15, -0.1) is 0 Å². The van der Waals surface area contributed by atoms with Crippen LogP contribution in [0.25, 0.3) is 0 Å². The fraction of sp³-hybridized carbons (Fsp3) is 0.737. The molecular weight excluding hydrogens is 260 g/mol. The van der Waals surface area contributed by atoms with E-state index in [1.54, 1.807) is 6.08 Å². The van der Waals surface area contributed by atoms with Gasteiger partial charge in [0, 0.05) is 6.08 Å². The van der Waals surface area contributed by atoms with E-state index in [1.165, 1.54) is 32.1 Å². The first-order valence-electron chi connectivity index (χ1n) is 8.49. The molecule has 1 saturated carbocycles. The van der Waals surface area contributed by atoms with Crippen LogP contribution in [-0.2, 0) is 9.53 Å². The van der Waals surface area contributed by atoms with Gasteiger partial charge in [-0.25, -0.2) is 4.79 Å². The molecule has 120 valence electrons. The molecule has 0 amide bonds. The average molecular weight is 292 g/mol. The third-order valence-corrected chi connectivity index (χ3v) is 3.90. The standard InChI is InChI=1S/C19H32O2/c1-15(2)7-5-8-16(3)9-6-10-17(4)13-19(20)21-14-18-11-12-18/h6,10,13,15-16,18H,5,7-9,11-12,14H2,1-4H3/b10-6+,17-13+. The lowest BCUT2D eigenvalue weighted by Gasteiger charge is -2.09.